The summed E-state index contributed by atoms with van der Waals surface area (Å²) >= 11 is 0. The molecule has 1 atom stereocenters. The van der Waals surface area contributed by atoms with Gasteiger partial charge in [0.05, 0.1) is 4.92 Å². The van der Waals surface area contributed by atoms with Gasteiger partial charge in [0.25, 0.3) is 11.6 Å². The van der Waals surface area contributed by atoms with Crippen LogP contribution in [0.15, 0.2) is 47.0 Å². The Balaban J connectivity index is 1.47. The average molecular weight is 411 g/mol. The molecular formula is C20H18FN5O4. The third-order valence-electron chi connectivity index (χ3n) is 4.66. The molecule has 2 aromatic carbocycles. The van der Waals surface area contributed by atoms with Crippen LogP contribution in [0.3, 0.4) is 0 Å². The van der Waals surface area contributed by atoms with Crippen LogP contribution in [0.4, 0.5) is 15.8 Å². The molecule has 1 aromatic heterocycles. The normalized spacial score (nSPS) is 14.2. The summed E-state index contributed by atoms with van der Waals surface area (Å²) in [5, 5.41) is 21.0. The predicted octanol–water partition coefficient (Wildman–Crippen LogP) is 3.85. The number of anilines is 1. The molecule has 1 heterocycles. The Morgan fingerprint density at radius 2 is 2.00 bits per heavy atom. The Labute approximate surface area is 170 Å². The lowest BCUT2D eigenvalue weighted by molar-refractivity contribution is -0.384. The number of carbonyl (C=O) groups excluding carboxylic acids is 1. The standard InChI is InChI=1S/C20H18FN5O4/c1-11(20-24-18(25-30-20)12-2-5-14(21)6-3-12)22-19(27)13-4-9-16(23-15-7-8-15)17(10-13)26(28)29/h2-6,9-11,15,23H,7-8H2,1H3,(H,22,27). The smallest absolute Gasteiger partial charge is 0.293 e. The Hall–Kier alpha value is -3.82. The highest BCUT2D eigenvalue weighted by Crippen LogP contribution is 2.31. The summed E-state index contributed by atoms with van der Waals surface area (Å²) in [5.74, 6) is -0.470. The zero-order chi connectivity index (χ0) is 21.3. The Kier molecular flexibility index (Phi) is 5.13. The van der Waals surface area contributed by atoms with Crippen LogP contribution in [0.1, 0.15) is 42.1 Å². The van der Waals surface area contributed by atoms with Crippen LogP contribution in [0.5, 0.6) is 0 Å². The van der Waals surface area contributed by atoms with E-state index in [9.17, 15) is 19.3 Å². The van der Waals surface area contributed by atoms with E-state index in [-0.39, 0.29) is 34.8 Å². The monoisotopic (exact) mass is 411 g/mol. The highest BCUT2D eigenvalue weighted by Gasteiger charge is 2.26. The quantitative estimate of drug-likeness (QED) is 0.447. The number of halogens is 1. The van der Waals surface area contributed by atoms with Crippen molar-refractivity contribution in [3.8, 4) is 11.4 Å². The van der Waals surface area contributed by atoms with Crippen LogP contribution < -0.4 is 10.6 Å². The molecule has 0 saturated heterocycles. The third-order valence-corrected chi connectivity index (χ3v) is 4.66. The molecule has 0 aliphatic heterocycles. The van der Waals surface area contributed by atoms with Gasteiger partial charge < -0.3 is 15.2 Å². The molecule has 9 nitrogen and oxygen atoms in total. The van der Waals surface area contributed by atoms with E-state index in [1.807, 2.05) is 0 Å². The molecule has 30 heavy (non-hydrogen) atoms. The van der Waals surface area contributed by atoms with Crippen LogP contribution in [-0.4, -0.2) is 27.0 Å². The minimum atomic E-state index is -0.637. The van der Waals surface area contributed by atoms with Gasteiger partial charge in [0.15, 0.2) is 0 Å². The van der Waals surface area contributed by atoms with E-state index in [0.29, 0.717) is 11.3 Å². The molecule has 1 fully saturated rings. The largest absolute Gasteiger partial charge is 0.377 e. The van der Waals surface area contributed by atoms with Gasteiger partial charge in [-0.2, -0.15) is 4.98 Å². The maximum Gasteiger partial charge on any atom is 0.293 e. The Morgan fingerprint density at radius 1 is 1.27 bits per heavy atom. The summed E-state index contributed by atoms with van der Waals surface area (Å²) in [6, 6.07) is 9.51. The van der Waals surface area contributed by atoms with Crippen LogP contribution in [0.25, 0.3) is 11.4 Å². The average Bonchev–Trinajstić information content (AvgIpc) is 3.40. The van der Waals surface area contributed by atoms with E-state index in [2.05, 4.69) is 20.8 Å². The first-order chi connectivity index (χ1) is 14.4. The van der Waals surface area contributed by atoms with Gasteiger partial charge in [0.2, 0.25) is 11.7 Å². The van der Waals surface area contributed by atoms with Crippen molar-refractivity contribution in [1.82, 2.24) is 15.5 Å². The van der Waals surface area contributed by atoms with Gasteiger partial charge in [-0.25, -0.2) is 4.39 Å². The molecule has 0 bridgehead atoms. The third kappa shape index (κ3) is 4.27. The zero-order valence-corrected chi connectivity index (χ0v) is 16.0. The van der Waals surface area contributed by atoms with Gasteiger partial charge in [-0.05, 0) is 56.2 Å². The van der Waals surface area contributed by atoms with Crippen LogP contribution in [-0.2, 0) is 0 Å². The highest BCUT2D eigenvalue weighted by molar-refractivity contribution is 5.96. The van der Waals surface area contributed by atoms with Crippen molar-refractivity contribution in [2.24, 2.45) is 0 Å². The van der Waals surface area contributed by atoms with Gasteiger partial charge >= 0.3 is 0 Å². The van der Waals surface area contributed by atoms with Crippen molar-refractivity contribution in [2.75, 3.05) is 5.32 Å². The molecule has 2 N–H and O–H groups in total. The number of amides is 1. The number of hydrogen-bond acceptors (Lipinski definition) is 7. The van der Waals surface area contributed by atoms with Crippen molar-refractivity contribution in [2.45, 2.75) is 31.8 Å². The zero-order valence-electron chi connectivity index (χ0n) is 16.0. The molecule has 10 heteroatoms. The van der Waals surface area contributed by atoms with Crippen molar-refractivity contribution < 1.29 is 18.6 Å². The number of nitrogens with one attached hydrogen (secondary N) is 2. The van der Waals surface area contributed by atoms with E-state index in [0.717, 1.165) is 12.8 Å². The second-order valence-corrected chi connectivity index (χ2v) is 7.07. The van der Waals surface area contributed by atoms with E-state index in [1.54, 1.807) is 6.92 Å². The van der Waals surface area contributed by atoms with Crippen molar-refractivity contribution in [3.63, 3.8) is 0 Å². The topological polar surface area (TPSA) is 123 Å². The Morgan fingerprint density at radius 3 is 2.67 bits per heavy atom. The first kappa shape index (κ1) is 19.5. The van der Waals surface area contributed by atoms with Crippen LogP contribution in [0.2, 0.25) is 0 Å². The first-order valence-electron chi connectivity index (χ1n) is 9.36. The molecule has 1 saturated carbocycles. The number of hydrogen-bond donors (Lipinski definition) is 2. The van der Waals surface area contributed by atoms with Gasteiger partial charge in [0.1, 0.15) is 17.5 Å². The summed E-state index contributed by atoms with van der Waals surface area (Å²) < 4.78 is 18.2. The minimum Gasteiger partial charge on any atom is -0.377 e. The summed E-state index contributed by atoms with van der Waals surface area (Å²) in [4.78, 5) is 27.7. The van der Waals surface area contributed by atoms with Crippen molar-refractivity contribution in [3.05, 3.63) is 69.9 Å². The summed E-state index contributed by atoms with van der Waals surface area (Å²) in [6.45, 7) is 1.65. The first-order valence-corrected chi connectivity index (χ1v) is 9.36. The second kappa shape index (κ2) is 7.90. The van der Waals surface area contributed by atoms with E-state index >= 15 is 0 Å². The lowest BCUT2D eigenvalue weighted by atomic mass is 10.1. The predicted molar refractivity (Wildman–Crippen MR) is 105 cm³/mol. The van der Waals surface area contributed by atoms with Gasteiger partial charge in [-0.3, -0.25) is 14.9 Å². The summed E-state index contributed by atoms with van der Waals surface area (Å²) in [6.07, 6.45) is 1.95. The lowest BCUT2D eigenvalue weighted by Gasteiger charge is -2.11. The van der Waals surface area contributed by atoms with E-state index in [1.165, 1.54) is 42.5 Å². The van der Waals surface area contributed by atoms with Crippen LogP contribution in [0, 0.1) is 15.9 Å². The van der Waals surface area contributed by atoms with Gasteiger partial charge in [0, 0.05) is 23.2 Å². The molecular weight excluding hydrogens is 393 g/mol. The minimum absolute atomic E-state index is 0.146. The molecule has 1 aliphatic carbocycles. The number of aromatic nitrogens is 2. The number of nitrogens with zero attached hydrogens (tertiary/aromatic N) is 3. The number of nitro groups is 1. The summed E-state index contributed by atoms with van der Waals surface area (Å²) in [7, 11) is 0. The molecule has 0 spiro atoms. The van der Waals surface area contributed by atoms with Crippen LogP contribution >= 0.6 is 0 Å². The number of nitro benzene ring substituents is 1. The van der Waals surface area contributed by atoms with Crippen molar-refractivity contribution in [1.29, 1.82) is 0 Å². The fourth-order valence-electron chi connectivity index (χ4n) is 2.86. The fourth-order valence-corrected chi connectivity index (χ4v) is 2.86. The molecule has 1 aliphatic rings. The molecule has 154 valence electrons. The number of carbonyl (C=O) groups is 1. The van der Waals surface area contributed by atoms with Gasteiger partial charge in [-0.1, -0.05) is 5.16 Å². The molecule has 3 aromatic rings. The number of benzene rings is 2. The summed E-state index contributed by atoms with van der Waals surface area (Å²) in [5.41, 5.74) is 0.957. The SMILES string of the molecule is CC(NC(=O)c1ccc(NC2CC2)c([N+](=O)[O-])c1)c1nc(-c2ccc(F)cc2)no1. The second-order valence-electron chi connectivity index (χ2n) is 7.07. The number of rotatable bonds is 7. The lowest BCUT2D eigenvalue weighted by Crippen LogP contribution is -2.27. The van der Waals surface area contributed by atoms with Gasteiger partial charge in [-0.15, -0.1) is 0 Å². The fraction of sp³-hybridized carbons (Fsp3) is 0.250. The molecule has 1 unspecified atom stereocenters. The van der Waals surface area contributed by atoms with E-state index < -0.39 is 16.9 Å². The highest BCUT2D eigenvalue weighted by atomic mass is 19.1. The molecule has 0 radical (unpaired) electrons. The van der Waals surface area contributed by atoms with Crippen molar-refractivity contribution >= 4 is 17.3 Å². The molecule has 1 amide bonds. The van der Waals surface area contributed by atoms with E-state index in [4.69, 9.17) is 4.52 Å². The maximum absolute atomic E-state index is 13.1. The molecule has 4 rings (SSSR count). The Bertz CT molecular complexity index is 1090. The maximum atomic E-state index is 13.1.